The number of aryl methyl sites for hydroxylation is 1. The molecule has 0 saturated heterocycles. The minimum atomic E-state index is -0.336. The van der Waals surface area contributed by atoms with Gasteiger partial charge in [0, 0.05) is 24.1 Å². The van der Waals surface area contributed by atoms with Crippen molar-refractivity contribution >= 4 is 11.5 Å². The number of ketones is 1. The van der Waals surface area contributed by atoms with Crippen LogP contribution < -0.4 is 5.32 Å². The van der Waals surface area contributed by atoms with Crippen LogP contribution in [-0.4, -0.2) is 16.8 Å². The minimum Gasteiger partial charge on any atom is -0.379 e. The second-order valence-electron chi connectivity index (χ2n) is 5.80. The van der Waals surface area contributed by atoms with Crippen LogP contribution in [0.3, 0.4) is 0 Å². The summed E-state index contributed by atoms with van der Waals surface area (Å²) in [6.45, 7) is 3.74. The molecule has 1 aromatic heterocycles. The molecule has 0 radical (unpaired) electrons. The third-order valence-corrected chi connectivity index (χ3v) is 4.50. The fourth-order valence-electron chi connectivity index (χ4n) is 3.39. The van der Waals surface area contributed by atoms with Crippen molar-refractivity contribution in [1.82, 2.24) is 4.98 Å². The van der Waals surface area contributed by atoms with E-state index in [0.29, 0.717) is 29.7 Å². The van der Waals surface area contributed by atoms with Gasteiger partial charge in [-0.25, -0.2) is 4.39 Å². The molecule has 0 spiro atoms. The van der Waals surface area contributed by atoms with Gasteiger partial charge in [-0.1, -0.05) is 6.92 Å². The van der Waals surface area contributed by atoms with Gasteiger partial charge < -0.3 is 5.32 Å². The van der Waals surface area contributed by atoms with Gasteiger partial charge in [-0.15, -0.1) is 0 Å². The van der Waals surface area contributed by atoms with Crippen LogP contribution >= 0.6 is 0 Å². The number of rotatable bonds is 4. The number of nitrogens with one attached hydrogen (secondary N) is 1. The second-order valence-corrected chi connectivity index (χ2v) is 5.80. The van der Waals surface area contributed by atoms with Crippen LogP contribution in [0.25, 0.3) is 0 Å². The predicted octanol–water partition coefficient (Wildman–Crippen LogP) is 2.94. The Hall–Kier alpha value is -1.45. The summed E-state index contributed by atoms with van der Waals surface area (Å²) in [6.07, 6.45) is 3.96. The normalized spacial score (nSPS) is 31.9. The van der Waals surface area contributed by atoms with Gasteiger partial charge in [0.05, 0.1) is 11.9 Å². The van der Waals surface area contributed by atoms with E-state index in [9.17, 15) is 9.18 Å². The molecule has 0 amide bonds. The highest BCUT2D eigenvalue weighted by atomic mass is 19.1. The van der Waals surface area contributed by atoms with Crippen molar-refractivity contribution in [3.8, 4) is 0 Å². The van der Waals surface area contributed by atoms with E-state index in [1.165, 1.54) is 12.6 Å². The lowest BCUT2D eigenvalue weighted by atomic mass is 9.92. The Bertz CT molecular complexity index is 517. The molecule has 0 bridgehead atoms. The summed E-state index contributed by atoms with van der Waals surface area (Å²) < 4.78 is 13.8. The van der Waals surface area contributed by atoms with Crippen molar-refractivity contribution in [2.75, 3.05) is 5.32 Å². The topological polar surface area (TPSA) is 42.0 Å². The number of Topliss-reactive ketones (excluding diaryl/α,β-unsaturated/α-hetero) is 1. The minimum absolute atomic E-state index is 0.0571. The van der Waals surface area contributed by atoms with Crippen molar-refractivity contribution in [3.05, 3.63) is 23.8 Å². The van der Waals surface area contributed by atoms with Crippen LogP contribution in [0.2, 0.25) is 0 Å². The van der Waals surface area contributed by atoms with Crippen LogP contribution in [0.5, 0.6) is 0 Å². The van der Waals surface area contributed by atoms with Crippen LogP contribution in [0.1, 0.15) is 31.9 Å². The molecule has 2 aliphatic carbocycles. The number of hydrogen-bond acceptors (Lipinski definition) is 3. The molecule has 0 aliphatic heterocycles. The van der Waals surface area contributed by atoms with E-state index in [2.05, 4.69) is 10.3 Å². The Morgan fingerprint density at radius 1 is 1.53 bits per heavy atom. The number of hydrogen-bond donors (Lipinski definition) is 1. The summed E-state index contributed by atoms with van der Waals surface area (Å²) in [5, 5.41) is 3.27. The Labute approximate surface area is 112 Å². The predicted molar refractivity (Wildman–Crippen MR) is 71.3 cm³/mol. The highest BCUT2D eigenvalue weighted by Crippen LogP contribution is 2.55. The molecule has 1 aromatic rings. The number of pyridine rings is 1. The maximum Gasteiger partial charge on any atom is 0.164 e. The Morgan fingerprint density at radius 2 is 2.32 bits per heavy atom. The molecule has 2 fully saturated rings. The molecule has 19 heavy (non-hydrogen) atoms. The summed E-state index contributed by atoms with van der Waals surface area (Å²) in [7, 11) is 0. The van der Waals surface area contributed by atoms with Gasteiger partial charge in [0.1, 0.15) is 5.78 Å². The number of nitrogens with zero attached hydrogens (tertiary/aromatic N) is 1. The number of carbonyl (C=O) groups excluding carboxylic acids is 1. The van der Waals surface area contributed by atoms with Gasteiger partial charge >= 0.3 is 0 Å². The SMILES string of the molecule is CCC(=O)C1CC2CC2C1Nc1cc(C)ncc1F. The molecule has 1 N–H and O–H groups in total. The summed E-state index contributed by atoms with van der Waals surface area (Å²) in [5.74, 6) is 1.24. The highest BCUT2D eigenvalue weighted by molar-refractivity contribution is 5.82. The first kappa shape index (κ1) is 12.6. The quantitative estimate of drug-likeness (QED) is 0.907. The average molecular weight is 262 g/mol. The maximum absolute atomic E-state index is 13.8. The Morgan fingerprint density at radius 3 is 3.05 bits per heavy atom. The lowest BCUT2D eigenvalue weighted by Crippen LogP contribution is -2.33. The van der Waals surface area contributed by atoms with Crippen molar-refractivity contribution in [1.29, 1.82) is 0 Å². The molecule has 4 atom stereocenters. The van der Waals surface area contributed by atoms with Crippen LogP contribution in [0.15, 0.2) is 12.3 Å². The summed E-state index contributed by atoms with van der Waals surface area (Å²) in [4.78, 5) is 15.9. The van der Waals surface area contributed by atoms with Gasteiger partial charge in [-0.2, -0.15) is 0 Å². The van der Waals surface area contributed by atoms with E-state index in [0.717, 1.165) is 12.1 Å². The highest BCUT2D eigenvalue weighted by Gasteiger charge is 2.55. The molecule has 4 heteroatoms. The number of fused-ring (bicyclic) bond motifs is 1. The summed E-state index contributed by atoms with van der Waals surface area (Å²) in [5.41, 5.74) is 1.27. The lowest BCUT2D eigenvalue weighted by Gasteiger charge is -2.24. The molecule has 3 nitrogen and oxygen atoms in total. The average Bonchev–Trinajstić information content (AvgIpc) is 3.09. The summed E-state index contributed by atoms with van der Waals surface area (Å²) in [6, 6.07) is 1.83. The fraction of sp³-hybridized carbons (Fsp3) is 0.600. The van der Waals surface area contributed by atoms with E-state index >= 15 is 0 Å². The van der Waals surface area contributed by atoms with Crippen molar-refractivity contribution < 1.29 is 9.18 Å². The third-order valence-electron chi connectivity index (χ3n) is 4.50. The van der Waals surface area contributed by atoms with Gasteiger partial charge in [-0.3, -0.25) is 9.78 Å². The fourth-order valence-corrected chi connectivity index (χ4v) is 3.39. The molecular weight excluding hydrogens is 243 g/mol. The zero-order chi connectivity index (χ0) is 13.6. The Balaban J connectivity index is 1.81. The molecule has 4 unspecified atom stereocenters. The first-order valence-electron chi connectivity index (χ1n) is 7.01. The number of anilines is 1. The number of aromatic nitrogens is 1. The first-order valence-corrected chi connectivity index (χ1v) is 7.01. The molecule has 102 valence electrons. The molecule has 2 aliphatic rings. The van der Waals surface area contributed by atoms with Gasteiger partial charge in [0.2, 0.25) is 0 Å². The molecule has 1 heterocycles. The lowest BCUT2D eigenvalue weighted by molar-refractivity contribution is -0.122. The van der Waals surface area contributed by atoms with E-state index in [4.69, 9.17) is 0 Å². The number of carbonyl (C=O) groups is 1. The molecule has 2 saturated carbocycles. The van der Waals surface area contributed by atoms with Crippen LogP contribution in [-0.2, 0) is 4.79 Å². The van der Waals surface area contributed by atoms with Crippen molar-refractivity contribution in [2.45, 2.75) is 39.2 Å². The maximum atomic E-state index is 13.8. The van der Waals surface area contributed by atoms with Crippen LogP contribution in [0, 0.1) is 30.5 Å². The number of halogens is 1. The zero-order valence-electron chi connectivity index (χ0n) is 11.3. The van der Waals surface area contributed by atoms with Crippen molar-refractivity contribution in [2.24, 2.45) is 17.8 Å². The smallest absolute Gasteiger partial charge is 0.164 e. The molecular formula is C15H19FN2O. The van der Waals surface area contributed by atoms with E-state index < -0.39 is 0 Å². The Kier molecular flexibility index (Phi) is 3.03. The molecule has 3 rings (SSSR count). The summed E-state index contributed by atoms with van der Waals surface area (Å²) >= 11 is 0. The molecule has 0 aromatic carbocycles. The van der Waals surface area contributed by atoms with E-state index in [1.54, 1.807) is 6.07 Å². The van der Waals surface area contributed by atoms with E-state index in [1.807, 2.05) is 13.8 Å². The third kappa shape index (κ3) is 2.24. The second kappa shape index (κ2) is 4.58. The van der Waals surface area contributed by atoms with E-state index in [-0.39, 0.29) is 17.8 Å². The zero-order valence-corrected chi connectivity index (χ0v) is 11.3. The monoisotopic (exact) mass is 262 g/mol. The van der Waals surface area contributed by atoms with Gasteiger partial charge in [-0.05, 0) is 37.7 Å². The van der Waals surface area contributed by atoms with Gasteiger partial charge in [0.15, 0.2) is 5.82 Å². The van der Waals surface area contributed by atoms with Crippen molar-refractivity contribution in [3.63, 3.8) is 0 Å². The standard InChI is InChI=1S/C15H19FN2O/c1-3-14(19)11-6-9-5-10(9)15(11)18-13-4-8(2)17-7-12(13)16/h4,7,9-11,15H,3,5-6H2,1-2H3,(H,17,18). The largest absolute Gasteiger partial charge is 0.379 e. The first-order chi connectivity index (χ1) is 9.10. The van der Waals surface area contributed by atoms with Crippen LogP contribution in [0.4, 0.5) is 10.1 Å². The van der Waals surface area contributed by atoms with Gasteiger partial charge in [0.25, 0.3) is 0 Å².